The van der Waals surface area contributed by atoms with Gasteiger partial charge in [0, 0.05) is 38.9 Å². The molecular formula is C17H29IN4O3. The maximum Gasteiger partial charge on any atom is 0.269 e. The van der Waals surface area contributed by atoms with Crippen LogP contribution in [0.2, 0.25) is 0 Å². The fourth-order valence-electron chi connectivity index (χ4n) is 2.34. The first kappa shape index (κ1) is 23.6. The average Bonchev–Trinajstić information content (AvgIpc) is 2.57. The van der Waals surface area contributed by atoms with E-state index in [1.165, 1.54) is 6.07 Å². The molecule has 0 bridgehead atoms. The largest absolute Gasteiger partial charge is 0.378 e. The number of halogens is 1. The Kier molecular flexibility index (Phi) is 12.1. The molecule has 25 heavy (non-hydrogen) atoms. The molecule has 0 aliphatic carbocycles. The van der Waals surface area contributed by atoms with E-state index in [4.69, 9.17) is 4.74 Å². The third-order valence-corrected chi connectivity index (χ3v) is 3.65. The quantitative estimate of drug-likeness (QED) is 0.193. The van der Waals surface area contributed by atoms with Crippen LogP contribution in [0.25, 0.3) is 0 Å². The van der Waals surface area contributed by atoms with Gasteiger partial charge in [-0.3, -0.25) is 15.1 Å². The molecule has 0 saturated carbocycles. The highest BCUT2D eigenvalue weighted by molar-refractivity contribution is 14.0. The number of guanidine groups is 1. The smallest absolute Gasteiger partial charge is 0.269 e. The van der Waals surface area contributed by atoms with E-state index in [1.807, 2.05) is 13.0 Å². The third-order valence-electron chi connectivity index (χ3n) is 3.65. The summed E-state index contributed by atoms with van der Waals surface area (Å²) in [6.45, 7) is 8.23. The number of hydrogen-bond donors (Lipinski definition) is 2. The molecule has 0 aliphatic heterocycles. The van der Waals surface area contributed by atoms with Gasteiger partial charge in [-0.1, -0.05) is 26.0 Å². The zero-order valence-corrected chi connectivity index (χ0v) is 17.7. The van der Waals surface area contributed by atoms with Crippen LogP contribution in [0.3, 0.4) is 0 Å². The zero-order chi connectivity index (χ0) is 17.9. The first-order valence-corrected chi connectivity index (χ1v) is 8.27. The minimum absolute atomic E-state index is 0. The van der Waals surface area contributed by atoms with Crippen molar-refractivity contribution in [3.63, 3.8) is 0 Å². The molecule has 0 spiro atoms. The van der Waals surface area contributed by atoms with Crippen molar-refractivity contribution in [1.82, 2.24) is 10.6 Å². The molecule has 1 rings (SSSR count). The highest BCUT2D eigenvalue weighted by Gasteiger charge is 2.13. The van der Waals surface area contributed by atoms with E-state index in [0.29, 0.717) is 25.0 Å². The standard InChI is InChI=1S/C17H28N4O3.HI/c1-5-24-16(13(2)3)9-10-19-17(18-4)20-12-14-7-6-8-15(11-14)21(22)23;/h6-8,11,13,16H,5,9-10,12H2,1-4H3,(H2,18,19,20);1H. The van der Waals surface area contributed by atoms with Crippen LogP contribution in [0.15, 0.2) is 29.3 Å². The van der Waals surface area contributed by atoms with Gasteiger partial charge in [-0.25, -0.2) is 0 Å². The second-order valence-corrected chi connectivity index (χ2v) is 5.81. The summed E-state index contributed by atoms with van der Waals surface area (Å²) < 4.78 is 5.72. The number of benzene rings is 1. The number of non-ortho nitro benzene ring substituents is 1. The molecule has 1 aromatic rings. The first-order chi connectivity index (χ1) is 11.5. The van der Waals surface area contributed by atoms with E-state index in [-0.39, 0.29) is 35.8 Å². The van der Waals surface area contributed by atoms with Crippen molar-refractivity contribution in [2.45, 2.75) is 39.8 Å². The van der Waals surface area contributed by atoms with Crippen LogP contribution in [0.5, 0.6) is 0 Å². The van der Waals surface area contributed by atoms with E-state index in [0.717, 1.165) is 18.5 Å². The Balaban J connectivity index is 0.00000576. The van der Waals surface area contributed by atoms with Gasteiger partial charge >= 0.3 is 0 Å². The molecule has 2 N–H and O–H groups in total. The van der Waals surface area contributed by atoms with Gasteiger partial charge in [0.05, 0.1) is 11.0 Å². The molecule has 7 nitrogen and oxygen atoms in total. The highest BCUT2D eigenvalue weighted by Crippen LogP contribution is 2.13. The normalized spacial score (nSPS) is 12.4. The van der Waals surface area contributed by atoms with Crippen molar-refractivity contribution in [3.8, 4) is 0 Å². The molecule has 1 atom stereocenters. The summed E-state index contributed by atoms with van der Waals surface area (Å²) in [7, 11) is 1.70. The number of nitrogens with zero attached hydrogens (tertiary/aromatic N) is 2. The van der Waals surface area contributed by atoms with Crippen LogP contribution in [-0.2, 0) is 11.3 Å². The maximum absolute atomic E-state index is 10.8. The molecule has 0 amide bonds. The summed E-state index contributed by atoms with van der Waals surface area (Å²) in [5, 5.41) is 17.2. The fraction of sp³-hybridized carbons (Fsp3) is 0.588. The number of nitro benzene ring substituents is 1. The third kappa shape index (κ3) is 9.01. The van der Waals surface area contributed by atoms with E-state index in [9.17, 15) is 10.1 Å². The van der Waals surface area contributed by atoms with Crippen LogP contribution >= 0.6 is 24.0 Å². The Labute approximate surface area is 166 Å². The minimum atomic E-state index is -0.393. The van der Waals surface area contributed by atoms with Crippen LogP contribution in [0.1, 0.15) is 32.8 Å². The number of hydrogen-bond acceptors (Lipinski definition) is 4. The topological polar surface area (TPSA) is 88.8 Å². The number of aliphatic imine (C=N–C) groups is 1. The molecule has 0 aromatic heterocycles. The van der Waals surface area contributed by atoms with Gasteiger partial charge < -0.3 is 15.4 Å². The molecule has 0 radical (unpaired) electrons. The summed E-state index contributed by atoms with van der Waals surface area (Å²) >= 11 is 0. The summed E-state index contributed by atoms with van der Waals surface area (Å²) in [6, 6.07) is 6.57. The Morgan fingerprint density at radius 2 is 2.08 bits per heavy atom. The van der Waals surface area contributed by atoms with Crippen molar-refractivity contribution < 1.29 is 9.66 Å². The second kappa shape index (κ2) is 12.9. The van der Waals surface area contributed by atoms with Crippen LogP contribution in [-0.4, -0.2) is 37.2 Å². The van der Waals surface area contributed by atoms with E-state index >= 15 is 0 Å². The molecule has 1 aromatic carbocycles. The molecular weight excluding hydrogens is 435 g/mol. The van der Waals surface area contributed by atoms with Gasteiger partial charge in [0.25, 0.3) is 5.69 Å². The molecule has 142 valence electrons. The molecule has 0 fully saturated rings. The minimum Gasteiger partial charge on any atom is -0.378 e. The number of rotatable bonds is 9. The van der Waals surface area contributed by atoms with Crippen LogP contribution < -0.4 is 10.6 Å². The second-order valence-electron chi connectivity index (χ2n) is 5.81. The fourth-order valence-corrected chi connectivity index (χ4v) is 2.34. The van der Waals surface area contributed by atoms with Gasteiger partial charge in [0.2, 0.25) is 0 Å². The van der Waals surface area contributed by atoms with E-state index < -0.39 is 4.92 Å². The number of nitrogens with one attached hydrogen (secondary N) is 2. The van der Waals surface area contributed by atoms with Crippen LogP contribution in [0, 0.1) is 16.0 Å². The van der Waals surface area contributed by atoms with Crippen molar-refractivity contribution in [2.24, 2.45) is 10.9 Å². The summed E-state index contributed by atoms with van der Waals surface area (Å²) in [5.41, 5.74) is 0.926. The lowest BCUT2D eigenvalue weighted by Gasteiger charge is -2.21. The average molecular weight is 464 g/mol. The van der Waals surface area contributed by atoms with Crippen molar-refractivity contribution >= 4 is 35.6 Å². The monoisotopic (exact) mass is 464 g/mol. The predicted octanol–water partition coefficient (Wildman–Crippen LogP) is 3.33. The summed E-state index contributed by atoms with van der Waals surface area (Å²) in [6.07, 6.45) is 1.11. The highest BCUT2D eigenvalue weighted by atomic mass is 127. The van der Waals surface area contributed by atoms with E-state index in [2.05, 4.69) is 29.5 Å². The molecule has 8 heteroatoms. The lowest BCUT2D eigenvalue weighted by Crippen LogP contribution is -2.38. The van der Waals surface area contributed by atoms with Gasteiger partial charge in [0.15, 0.2) is 5.96 Å². The summed E-state index contributed by atoms with van der Waals surface area (Å²) in [4.78, 5) is 14.6. The van der Waals surface area contributed by atoms with Crippen molar-refractivity contribution in [1.29, 1.82) is 0 Å². The Hall–Kier alpha value is -1.42. The number of nitro groups is 1. The SMILES string of the molecule is CCOC(CCNC(=NC)NCc1cccc([N+](=O)[O-])c1)C(C)C.I. The molecule has 0 saturated heterocycles. The molecule has 1 unspecified atom stereocenters. The van der Waals surface area contributed by atoms with Gasteiger partial charge in [-0.15, -0.1) is 24.0 Å². The number of ether oxygens (including phenoxy) is 1. The van der Waals surface area contributed by atoms with Crippen LogP contribution in [0.4, 0.5) is 5.69 Å². The predicted molar refractivity (Wildman–Crippen MR) is 112 cm³/mol. The summed E-state index contributed by atoms with van der Waals surface area (Å²) in [5.74, 6) is 1.13. The van der Waals surface area contributed by atoms with Gasteiger partial charge in [0.1, 0.15) is 0 Å². The van der Waals surface area contributed by atoms with Crippen molar-refractivity contribution in [3.05, 3.63) is 39.9 Å². The van der Waals surface area contributed by atoms with Gasteiger partial charge in [-0.2, -0.15) is 0 Å². The Bertz CT molecular complexity index is 552. The molecule has 0 heterocycles. The first-order valence-electron chi connectivity index (χ1n) is 8.27. The zero-order valence-electron chi connectivity index (χ0n) is 15.3. The van der Waals surface area contributed by atoms with E-state index in [1.54, 1.807) is 19.2 Å². The maximum atomic E-state index is 10.8. The lowest BCUT2D eigenvalue weighted by atomic mass is 10.0. The Morgan fingerprint density at radius 1 is 1.36 bits per heavy atom. The lowest BCUT2D eigenvalue weighted by molar-refractivity contribution is -0.384. The Morgan fingerprint density at radius 3 is 2.64 bits per heavy atom. The van der Waals surface area contributed by atoms with Crippen molar-refractivity contribution in [2.75, 3.05) is 20.2 Å². The molecule has 0 aliphatic rings. The van der Waals surface area contributed by atoms with Gasteiger partial charge in [-0.05, 0) is 24.8 Å².